The first-order chi connectivity index (χ1) is 8.62. The first-order valence-corrected chi connectivity index (χ1v) is 7.19. The largest absolute Gasteiger partial charge is 0.359 e. The van der Waals surface area contributed by atoms with Crippen molar-refractivity contribution in [3.63, 3.8) is 0 Å². The fourth-order valence-corrected chi connectivity index (χ4v) is 3.46. The van der Waals surface area contributed by atoms with Gasteiger partial charge in [-0.2, -0.15) is 0 Å². The second kappa shape index (κ2) is 4.85. The summed E-state index contributed by atoms with van der Waals surface area (Å²) in [5.74, 6) is -0.475. The number of rotatable bonds is 2. The zero-order valence-electron chi connectivity index (χ0n) is 10.7. The number of ether oxygens (including phenoxy) is 3. The highest BCUT2D eigenvalue weighted by molar-refractivity contribution is 7.99. The van der Waals surface area contributed by atoms with Crippen molar-refractivity contribution in [2.75, 3.05) is 6.61 Å². The predicted molar refractivity (Wildman–Crippen MR) is 70.5 cm³/mol. The van der Waals surface area contributed by atoms with Crippen molar-refractivity contribution in [1.29, 1.82) is 0 Å². The van der Waals surface area contributed by atoms with Gasteiger partial charge in [-0.05, 0) is 26.0 Å². The Morgan fingerprint density at radius 3 is 2.72 bits per heavy atom. The summed E-state index contributed by atoms with van der Waals surface area (Å²) in [6, 6.07) is 10.3. The maximum atomic E-state index is 5.98. The van der Waals surface area contributed by atoms with Crippen LogP contribution in [-0.4, -0.2) is 30.0 Å². The highest BCUT2D eigenvalue weighted by atomic mass is 32.2. The molecule has 0 radical (unpaired) electrons. The highest BCUT2D eigenvalue weighted by Gasteiger charge is 2.44. The Hall–Kier alpha value is -0.550. The Bertz CT molecular complexity index is 407. The van der Waals surface area contributed by atoms with Gasteiger partial charge in [0, 0.05) is 11.3 Å². The van der Waals surface area contributed by atoms with Crippen LogP contribution in [0.5, 0.6) is 0 Å². The topological polar surface area (TPSA) is 27.7 Å². The zero-order chi connectivity index (χ0) is 12.6. The Morgan fingerprint density at radius 2 is 1.94 bits per heavy atom. The van der Waals surface area contributed by atoms with Crippen molar-refractivity contribution in [1.82, 2.24) is 0 Å². The lowest BCUT2D eigenvalue weighted by Gasteiger charge is -2.36. The molecule has 4 heteroatoms. The van der Waals surface area contributed by atoms with Crippen LogP contribution in [0, 0.1) is 0 Å². The minimum Gasteiger partial charge on any atom is -0.359 e. The molecular formula is C14H18O3S. The number of benzene rings is 1. The molecule has 2 fully saturated rings. The fraction of sp³-hybridized carbons (Fsp3) is 0.571. The van der Waals surface area contributed by atoms with Crippen molar-refractivity contribution in [3.8, 4) is 0 Å². The van der Waals surface area contributed by atoms with Crippen LogP contribution in [0.1, 0.15) is 20.3 Å². The Labute approximate surface area is 112 Å². The van der Waals surface area contributed by atoms with Gasteiger partial charge in [0.15, 0.2) is 5.79 Å². The number of hydrogen-bond donors (Lipinski definition) is 0. The minimum atomic E-state index is -0.475. The van der Waals surface area contributed by atoms with Gasteiger partial charge >= 0.3 is 0 Å². The van der Waals surface area contributed by atoms with E-state index < -0.39 is 5.79 Å². The van der Waals surface area contributed by atoms with Crippen LogP contribution in [0.25, 0.3) is 0 Å². The molecule has 1 aromatic rings. The molecule has 0 aliphatic carbocycles. The van der Waals surface area contributed by atoms with Crippen molar-refractivity contribution in [2.45, 2.75) is 48.6 Å². The normalized spacial score (nSPS) is 34.2. The average molecular weight is 266 g/mol. The van der Waals surface area contributed by atoms with E-state index >= 15 is 0 Å². The Balaban J connectivity index is 1.62. The first kappa shape index (κ1) is 12.5. The summed E-state index contributed by atoms with van der Waals surface area (Å²) < 4.78 is 17.5. The van der Waals surface area contributed by atoms with Gasteiger partial charge in [0.1, 0.15) is 11.5 Å². The molecule has 2 aliphatic heterocycles. The molecule has 18 heavy (non-hydrogen) atoms. The molecule has 2 aliphatic rings. The first-order valence-electron chi connectivity index (χ1n) is 6.31. The Morgan fingerprint density at radius 1 is 1.17 bits per heavy atom. The quantitative estimate of drug-likeness (QED) is 0.822. The van der Waals surface area contributed by atoms with Gasteiger partial charge in [-0.1, -0.05) is 30.0 Å². The highest BCUT2D eigenvalue weighted by Crippen LogP contribution is 2.39. The molecule has 2 saturated heterocycles. The number of thioether (sulfide) groups is 1. The lowest BCUT2D eigenvalue weighted by atomic mass is 10.1. The summed E-state index contributed by atoms with van der Waals surface area (Å²) in [7, 11) is 0. The molecule has 98 valence electrons. The molecule has 0 N–H and O–H groups in total. The molecule has 2 heterocycles. The smallest absolute Gasteiger partial charge is 0.163 e. The average Bonchev–Trinajstić information content (AvgIpc) is 2.70. The van der Waals surface area contributed by atoms with E-state index in [0.717, 1.165) is 6.42 Å². The third kappa shape index (κ3) is 2.72. The van der Waals surface area contributed by atoms with E-state index in [-0.39, 0.29) is 17.6 Å². The van der Waals surface area contributed by atoms with Crippen molar-refractivity contribution in [3.05, 3.63) is 30.3 Å². The van der Waals surface area contributed by atoms with Gasteiger partial charge in [0.05, 0.1) is 12.7 Å². The van der Waals surface area contributed by atoms with Gasteiger partial charge in [-0.15, -0.1) is 0 Å². The molecular weight excluding hydrogens is 248 g/mol. The van der Waals surface area contributed by atoms with Crippen LogP contribution in [0.2, 0.25) is 0 Å². The van der Waals surface area contributed by atoms with Gasteiger partial charge in [-0.25, -0.2) is 0 Å². The summed E-state index contributed by atoms with van der Waals surface area (Å²) in [4.78, 5) is 1.24. The monoisotopic (exact) mass is 266 g/mol. The molecule has 0 spiro atoms. The SMILES string of the molecule is CC1(C)OC[C@@H]2O[C@@H](Sc3ccccc3)C[C@@H]2O1. The van der Waals surface area contributed by atoms with E-state index in [0.29, 0.717) is 6.61 Å². The van der Waals surface area contributed by atoms with Gasteiger partial charge < -0.3 is 14.2 Å². The standard InChI is InChI=1S/C14H18O3S/c1-14(2)15-9-12-11(17-14)8-13(16-12)18-10-6-4-3-5-7-10/h3-7,11-13H,8-9H2,1-2H3/t11-,12-,13-/m0/s1. The molecule has 0 amide bonds. The van der Waals surface area contributed by atoms with Gasteiger partial charge in [-0.3, -0.25) is 0 Å². The summed E-state index contributed by atoms with van der Waals surface area (Å²) in [6.45, 7) is 4.55. The molecule has 3 rings (SSSR count). The van der Waals surface area contributed by atoms with Crippen molar-refractivity contribution in [2.24, 2.45) is 0 Å². The van der Waals surface area contributed by atoms with E-state index in [2.05, 4.69) is 12.1 Å². The fourth-order valence-electron chi connectivity index (χ4n) is 2.36. The van der Waals surface area contributed by atoms with Crippen molar-refractivity contribution >= 4 is 11.8 Å². The second-order valence-corrected chi connectivity index (χ2v) is 6.37. The molecule has 1 aromatic carbocycles. The van der Waals surface area contributed by atoms with Crippen LogP contribution in [-0.2, 0) is 14.2 Å². The van der Waals surface area contributed by atoms with Crippen LogP contribution >= 0.6 is 11.8 Å². The number of fused-ring (bicyclic) bond motifs is 1. The lowest BCUT2D eigenvalue weighted by Crippen LogP contribution is -2.46. The zero-order valence-corrected chi connectivity index (χ0v) is 11.5. The minimum absolute atomic E-state index is 0.0826. The van der Waals surface area contributed by atoms with E-state index in [1.54, 1.807) is 11.8 Å². The summed E-state index contributed by atoms with van der Waals surface area (Å²) in [5, 5.41) is 0. The molecule has 0 aromatic heterocycles. The summed E-state index contributed by atoms with van der Waals surface area (Å²) in [5.41, 5.74) is 0.167. The van der Waals surface area contributed by atoms with Crippen LogP contribution in [0.4, 0.5) is 0 Å². The molecule has 3 atom stereocenters. The maximum Gasteiger partial charge on any atom is 0.163 e. The van der Waals surface area contributed by atoms with E-state index in [1.165, 1.54) is 4.90 Å². The van der Waals surface area contributed by atoms with E-state index in [1.807, 2.05) is 32.0 Å². The van der Waals surface area contributed by atoms with Crippen LogP contribution in [0.3, 0.4) is 0 Å². The predicted octanol–water partition coefficient (Wildman–Crippen LogP) is 3.05. The second-order valence-electron chi connectivity index (χ2n) is 5.14. The molecule has 3 nitrogen and oxygen atoms in total. The molecule has 0 saturated carbocycles. The van der Waals surface area contributed by atoms with E-state index in [9.17, 15) is 0 Å². The van der Waals surface area contributed by atoms with Crippen molar-refractivity contribution < 1.29 is 14.2 Å². The maximum absolute atomic E-state index is 5.98. The van der Waals surface area contributed by atoms with E-state index in [4.69, 9.17) is 14.2 Å². The Kier molecular flexibility index (Phi) is 3.36. The van der Waals surface area contributed by atoms with Gasteiger partial charge in [0.25, 0.3) is 0 Å². The third-order valence-electron chi connectivity index (χ3n) is 3.21. The molecule has 0 bridgehead atoms. The summed E-state index contributed by atoms with van der Waals surface area (Å²) in [6.07, 6.45) is 1.17. The number of hydrogen-bond acceptors (Lipinski definition) is 4. The van der Waals surface area contributed by atoms with Crippen LogP contribution < -0.4 is 0 Å². The van der Waals surface area contributed by atoms with Gasteiger partial charge in [0.2, 0.25) is 0 Å². The lowest BCUT2D eigenvalue weighted by molar-refractivity contribution is -0.292. The summed E-state index contributed by atoms with van der Waals surface area (Å²) >= 11 is 1.76. The third-order valence-corrected chi connectivity index (χ3v) is 4.32. The van der Waals surface area contributed by atoms with Crippen LogP contribution in [0.15, 0.2) is 35.2 Å². The molecule has 0 unspecified atom stereocenters.